The van der Waals surface area contributed by atoms with Gasteiger partial charge in [0.2, 0.25) is 0 Å². The van der Waals surface area contributed by atoms with Gasteiger partial charge in [-0.3, -0.25) is 9.59 Å². The van der Waals surface area contributed by atoms with Gasteiger partial charge in [-0.25, -0.2) is 4.90 Å². The van der Waals surface area contributed by atoms with E-state index < -0.39 is 11.8 Å². The molecule has 0 N–H and O–H groups in total. The highest BCUT2D eigenvalue weighted by Crippen LogP contribution is 2.39. The minimum Gasteiger partial charge on any atom is -0.497 e. The Kier molecular flexibility index (Phi) is 5.94. The summed E-state index contributed by atoms with van der Waals surface area (Å²) in [5.41, 5.74) is 2.49. The summed E-state index contributed by atoms with van der Waals surface area (Å²) in [5.74, 6) is 0.349. The molecule has 4 rings (SSSR count). The first-order valence-corrected chi connectivity index (χ1v) is 10.3. The number of rotatable bonds is 7. The van der Waals surface area contributed by atoms with E-state index in [2.05, 4.69) is 0 Å². The molecular formula is C26H24N2O4. The summed E-state index contributed by atoms with van der Waals surface area (Å²) in [5, 5.41) is 0. The number of amides is 2. The molecule has 0 radical (unpaired) electrons. The Hall–Kier alpha value is -4.06. The molecule has 3 aromatic rings. The lowest BCUT2D eigenvalue weighted by Crippen LogP contribution is -2.34. The molecule has 0 saturated carbocycles. The van der Waals surface area contributed by atoms with Gasteiger partial charge in [-0.1, -0.05) is 42.5 Å². The molecule has 1 aliphatic rings. The zero-order valence-electron chi connectivity index (χ0n) is 18.2. The fourth-order valence-electron chi connectivity index (χ4n) is 3.77. The second-order valence-corrected chi connectivity index (χ2v) is 7.19. The van der Waals surface area contributed by atoms with Crippen LogP contribution in [0.3, 0.4) is 0 Å². The van der Waals surface area contributed by atoms with Gasteiger partial charge >= 0.3 is 0 Å². The maximum absolute atomic E-state index is 13.7. The summed E-state index contributed by atoms with van der Waals surface area (Å²) in [6, 6.07) is 23.7. The smallest absolute Gasteiger partial charge is 0.282 e. The number of para-hydroxylation sites is 3. The van der Waals surface area contributed by atoms with Crippen LogP contribution in [0.4, 0.5) is 11.4 Å². The number of imide groups is 1. The number of hydrogen-bond acceptors (Lipinski definition) is 5. The molecule has 1 heterocycles. The highest BCUT2D eigenvalue weighted by Gasteiger charge is 2.43. The number of carbonyl (C=O) groups is 2. The van der Waals surface area contributed by atoms with Crippen LogP contribution in [0.2, 0.25) is 0 Å². The molecule has 32 heavy (non-hydrogen) atoms. The van der Waals surface area contributed by atoms with Crippen molar-refractivity contribution in [3.05, 3.63) is 90.1 Å². The van der Waals surface area contributed by atoms with Crippen molar-refractivity contribution in [3.8, 4) is 11.5 Å². The molecule has 162 valence electrons. The van der Waals surface area contributed by atoms with Crippen LogP contribution in [0.25, 0.3) is 5.57 Å². The summed E-state index contributed by atoms with van der Waals surface area (Å²) in [4.78, 5) is 30.4. The predicted octanol–water partition coefficient (Wildman–Crippen LogP) is 4.51. The maximum Gasteiger partial charge on any atom is 0.282 e. The number of benzene rings is 3. The van der Waals surface area contributed by atoms with Crippen molar-refractivity contribution >= 4 is 28.8 Å². The summed E-state index contributed by atoms with van der Waals surface area (Å²) in [6.45, 7) is 2.28. The first-order valence-electron chi connectivity index (χ1n) is 10.3. The number of methoxy groups -OCH3 is 1. The van der Waals surface area contributed by atoms with Gasteiger partial charge in [-0.05, 0) is 48.9 Å². The molecule has 0 spiro atoms. The molecule has 2 amide bonds. The Morgan fingerprint density at radius 2 is 1.50 bits per heavy atom. The third-order valence-electron chi connectivity index (χ3n) is 5.32. The second kappa shape index (κ2) is 8.98. The Morgan fingerprint density at radius 3 is 2.16 bits per heavy atom. The molecule has 3 aromatic carbocycles. The van der Waals surface area contributed by atoms with Gasteiger partial charge in [0, 0.05) is 12.7 Å². The SMILES string of the molecule is CCOc1ccccc1N1C(=O)C(c2ccc(OC)cc2)=C(N(C)c2ccccc2)C1=O. The number of nitrogens with zero attached hydrogens (tertiary/aromatic N) is 2. The summed E-state index contributed by atoms with van der Waals surface area (Å²) in [7, 11) is 3.37. The standard InChI is InChI=1S/C26H24N2O4/c1-4-32-22-13-9-8-12-21(22)28-25(29)23(18-14-16-20(31-3)17-15-18)24(26(28)30)27(2)19-10-6-5-7-11-19/h5-17H,4H2,1-3H3. The maximum atomic E-state index is 13.7. The van der Waals surface area contributed by atoms with E-state index in [0.717, 1.165) is 5.69 Å². The fraction of sp³-hybridized carbons (Fsp3) is 0.154. The average Bonchev–Trinajstić information content (AvgIpc) is 3.09. The van der Waals surface area contributed by atoms with Crippen molar-refractivity contribution in [2.24, 2.45) is 0 Å². The lowest BCUT2D eigenvalue weighted by molar-refractivity contribution is -0.120. The Labute approximate surface area is 187 Å². The number of likely N-dealkylation sites (N-methyl/N-ethyl adjacent to an activating group) is 1. The van der Waals surface area contributed by atoms with Gasteiger partial charge in [-0.2, -0.15) is 0 Å². The monoisotopic (exact) mass is 428 g/mol. The van der Waals surface area contributed by atoms with Crippen molar-refractivity contribution in [1.82, 2.24) is 0 Å². The number of ether oxygens (including phenoxy) is 2. The second-order valence-electron chi connectivity index (χ2n) is 7.19. The number of hydrogen-bond donors (Lipinski definition) is 0. The van der Waals surface area contributed by atoms with E-state index in [1.165, 1.54) is 4.90 Å². The molecule has 1 aliphatic heterocycles. The van der Waals surface area contributed by atoms with Crippen LogP contribution in [0.5, 0.6) is 11.5 Å². The van der Waals surface area contributed by atoms with Crippen molar-refractivity contribution in [3.63, 3.8) is 0 Å². The van der Waals surface area contributed by atoms with Crippen LogP contribution < -0.4 is 19.3 Å². The quantitative estimate of drug-likeness (QED) is 0.518. The number of anilines is 2. The normalized spacial score (nSPS) is 13.5. The van der Waals surface area contributed by atoms with Gasteiger partial charge in [0.1, 0.15) is 17.2 Å². The first kappa shape index (κ1) is 21.2. The molecule has 6 nitrogen and oxygen atoms in total. The van der Waals surface area contributed by atoms with Crippen molar-refractivity contribution in [2.75, 3.05) is 30.6 Å². The molecular weight excluding hydrogens is 404 g/mol. The zero-order chi connectivity index (χ0) is 22.7. The minimum atomic E-state index is -0.403. The van der Waals surface area contributed by atoms with Crippen LogP contribution in [-0.4, -0.2) is 32.6 Å². The van der Waals surface area contributed by atoms with Crippen LogP contribution in [0, 0.1) is 0 Å². The third kappa shape index (κ3) is 3.71. The Bertz CT molecular complexity index is 1170. The van der Waals surface area contributed by atoms with E-state index in [1.807, 2.05) is 43.3 Å². The van der Waals surface area contributed by atoms with Crippen molar-refractivity contribution in [2.45, 2.75) is 6.92 Å². The highest BCUT2D eigenvalue weighted by atomic mass is 16.5. The third-order valence-corrected chi connectivity index (χ3v) is 5.32. The van der Waals surface area contributed by atoms with E-state index in [0.29, 0.717) is 40.6 Å². The molecule has 0 unspecified atom stereocenters. The lowest BCUT2D eigenvalue weighted by atomic mass is 10.0. The van der Waals surface area contributed by atoms with E-state index in [9.17, 15) is 9.59 Å². The van der Waals surface area contributed by atoms with Crippen LogP contribution in [0.1, 0.15) is 12.5 Å². The molecule has 0 atom stereocenters. The van der Waals surface area contributed by atoms with E-state index in [-0.39, 0.29) is 0 Å². The largest absolute Gasteiger partial charge is 0.497 e. The van der Waals surface area contributed by atoms with Gasteiger partial charge in [0.05, 0.1) is 25.0 Å². The average molecular weight is 428 g/mol. The topological polar surface area (TPSA) is 59.1 Å². The fourth-order valence-corrected chi connectivity index (χ4v) is 3.77. The van der Waals surface area contributed by atoms with Crippen LogP contribution in [-0.2, 0) is 9.59 Å². The number of carbonyl (C=O) groups excluding carboxylic acids is 2. The summed E-state index contributed by atoms with van der Waals surface area (Å²) in [6.07, 6.45) is 0. The summed E-state index contributed by atoms with van der Waals surface area (Å²) >= 11 is 0. The van der Waals surface area contributed by atoms with Gasteiger partial charge in [0.15, 0.2) is 0 Å². The van der Waals surface area contributed by atoms with E-state index in [4.69, 9.17) is 9.47 Å². The van der Waals surface area contributed by atoms with Crippen LogP contribution in [0.15, 0.2) is 84.6 Å². The lowest BCUT2D eigenvalue weighted by Gasteiger charge is -2.22. The minimum absolute atomic E-state index is 0.303. The molecule has 0 aliphatic carbocycles. The van der Waals surface area contributed by atoms with Gasteiger partial charge < -0.3 is 14.4 Å². The van der Waals surface area contributed by atoms with E-state index in [1.54, 1.807) is 61.5 Å². The van der Waals surface area contributed by atoms with Crippen LogP contribution >= 0.6 is 0 Å². The molecule has 6 heteroatoms. The predicted molar refractivity (Wildman–Crippen MR) is 125 cm³/mol. The van der Waals surface area contributed by atoms with Crippen molar-refractivity contribution in [1.29, 1.82) is 0 Å². The Morgan fingerprint density at radius 1 is 0.844 bits per heavy atom. The summed E-state index contributed by atoms with van der Waals surface area (Å²) < 4.78 is 11.0. The zero-order valence-corrected chi connectivity index (χ0v) is 18.2. The molecule has 0 saturated heterocycles. The molecule has 0 aromatic heterocycles. The molecule has 0 fully saturated rings. The van der Waals surface area contributed by atoms with Gasteiger partial charge in [0.25, 0.3) is 11.8 Å². The van der Waals surface area contributed by atoms with Gasteiger partial charge in [-0.15, -0.1) is 0 Å². The highest BCUT2D eigenvalue weighted by molar-refractivity contribution is 6.46. The first-order chi connectivity index (χ1) is 15.6. The molecule has 0 bridgehead atoms. The van der Waals surface area contributed by atoms with E-state index >= 15 is 0 Å². The Balaban J connectivity index is 1.87. The van der Waals surface area contributed by atoms with Crippen molar-refractivity contribution < 1.29 is 19.1 Å².